The Kier molecular flexibility index (Phi) is 3.76. The van der Waals surface area contributed by atoms with Crippen LogP contribution in [0.15, 0.2) is 12.2 Å². The molecular weight excluding hydrogens is 148 g/mol. The summed E-state index contributed by atoms with van der Waals surface area (Å²) >= 11 is 0. The second-order valence-electron chi connectivity index (χ2n) is 3.80. The molecule has 0 aliphatic carbocycles. The molecule has 0 aromatic carbocycles. The van der Waals surface area contributed by atoms with Crippen LogP contribution in [-0.2, 0) is 0 Å². The fourth-order valence-electron chi connectivity index (χ4n) is 1.55. The average Bonchev–Trinajstić information content (AvgIpc) is 2.03. The molecule has 2 nitrogen and oxygen atoms in total. The van der Waals surface area contributed by atoms with E-state index in [1.54, 1.807) is 0 Å². The lowest BCUT2D eigenvalue weighted by molar-refractivity contribution is 0.176. The Hall–Kier alpha value is -0.340. The molecule has 1 heterocycles. The van der Waals surface area contributed by atoms with Gasteiger partial charge in [-0.1, -0.05) is 5.57 Å². The minimum absolute atomic E-state index is 0.693. The fourth-order valence-corrected chi connectivity index (χ4v) is 1.55. The summed E-state index contributed by atoms with van der Waals surface area (Å²) in [6.45, 7) is 13.0. The van der Waals surface area contributed by atoms with Gasteiger partial charge in [0, 0.05) is 32.2 Å². The molecule has 1 aliphatic rings. The molecule has 0 aromatic rings. The molecule has 1 fully saturated rings. The van der Waals surface area contributed by atoms with Crippen LogP contribution in [0.5, 0.6) is 0 Å². The van der Waals surface area contributed by atoms with E-state index in [9.17, 15) is 0 Å². The van der Waals surface area contributed by atoms with Crippen LogP contribution in [0.1, 0.15) is 20.3 Å². The molecule has 12 heavy (non-hydrogen) atoms. The maximum atomic E-state index is 3.92. The second-order valence-corrected chi connectivity index (χ2v) is 3.80. The smallest absolute Gasteiger partial charge is 0.0193 e. The number of hydrogen-bond acceptors (Lipinski definition) is 2. The molecule has 2 heteroatoms. The lowest BCUT2D eigenvalue weighted by Gasteiger charge is -2.33. The van der Waals surface area contributed by atoms with E-state index in [2.05, 4.69) is 30.6 Å². The molecule has 0 radical (unpaired) electrons. The highest BCUT2D eigenvalue weighted by atomic mass is 15.2. The van der Waals surface area contributed by atoms with Gasteiger partial charge in [0.2, 0.25) is 0 Å². The molecule has 0 spiro atoms. The Bertz CT molecular complexity index is 154. The van der Waals surface area contributed by atoms with Crippen LogP contribution < -0.4 is 5.32 Å². The average molecular weight is 168 g/mol. The van der Waals surface area contributed by atoms with Crippen LogP contribution in [-0.4, -0.2) is 37.1 Å². The van der Waals surface area contributed by atoms with Gasteiger partial charge in [0.1, 0.15) is 0 Å². The zero-order valence-electron chi connectivity index (χ0n) is 8.27. The lowest BCUT2D eigenvalue weighted by Crippen LogP contribution is -2.49. The first-order valence-corrected chi connectivity index (χ1v) is 4.79. The summed E-state index contributed by atoms with van der Waals surface area (Å²) in [4.78, 5) is 2.53. The van der Waals surface area contributed by atoms with Crippen LogP contribution in [0.4, 0.5) is 0 Å². The van der Waals surface area contributed by atoms with E-state index < -0.39 is 0 Å². The van der Waals surface area contributed by atoms with Crippen molar-refractivity contribution >= 4 is 0 Å². The van der Waals surface area contributed by atoms with Gasteiger partial charge < -0.3 is 5.32 Å². The topological polar surface area (TPSA) is 15.3 Å². The van der Waals surface area contributed by atoms with Gasteiger partial charge in [-0.05, 0) is 20.3 Å². The van der Waals surface area contributed by atoms with Crippen molar-refractivity contribution < 1.29 is 0 Å². The van der Waals surface area contributed by atoms with Gasteiger partial charge in [-0.15, -0.1) is 6.58 Å². The third kappa shape index (κ3) is 2.95. The standard InChI is InChI=1S/C10H20N2/c1-9(2)4-6-12-7-5-11-8-10(12)3/h10-11H,1,4-8H2,2-3H3/t10-/m1/s1. The maximum absolute atomic E-state index is 3.92. The van der Waals surface area contributed by atoms with Gasteiger partial charge in [0.05, 0.1) is 0 Å². The van der Waals surface area contributed by atoms with Gasteiger partial charge in [-0.25, -0.2) is 0 Å². The molecule has 1 atom stereocenters. The molecule has 0 bridgehead atoms. The van der Waals surface area contributed by atoms with Crippen LogP contribution in [0, 0.1) is 0 Å². The normalized spacial score (nSPS) is 25.7. The number of piperazine rings is 1. The predicted octanol–water partition coefficient (Wildman–Crippen LogP) is 1.25. The van der Waals surface area contributed by atoms with E-state index in [4.69, 9.17) is 0 Å². The van der Waals surface area contributed by atoms with E-state index in [0.29, 0.717) is 6.04 Å². The van der Waals surface area contributed by atoms with Gasteiger partial charge >= 0.3 is 0 Å². The lowest BCUT2D eigenvalue weighted by atomic mass is 10.1. The Labute approximate surface area is 75.6 Å². The zero-order chi connectivity index (χ0) is 8.97. The van der Waals surface area contributed by atoms with Gasteiger partial charge in [0.25, 0.3) is 0 Å². The first-order chi connectivity index (χ1) is 5.70. The Balaban J connectivity index is 2.24. The Morgan fingerprint density at radius 3 is 3.00 bits per heavy atom. The summed E-state index contributed by atoms with van der Waals surface area (Å²) in [5.41, 5.74) is 1.29. The van der Waals surface area contributed by atoms with Crippen molar-refractivity contribution in [1.82, 2.24) is 10.2 Å². The van der Waals surface area contributed by atoms with E-state index in [0.717, 1.165) is 19.5 Å². The molecule has 1 rings (SSSR count). The van der Waals surface area contributed by atoms with Crippen molar-refractivity contribution in [3.05, 3.63) is 12.2 Å². The highest BCUT2D eigenvalue weighted by Crippen LogP contribution is 2.05. The molecule has 0 aromatic heterocycles. The van der Waals surface area contributed by atoms with Crippen LogP contribution in [0.25, 0.3) is 0 Å². The third-order valence-corrected chi connectivity index (χ3v) is 2.46. The van der Waals surface area contributed by atoms with Crippen molar-refractivity contribution in [2.45, 2.75) is 26.3 Å². The Morgan fingerprint density at radius 2 is 2.42 bits per heavy atom. The fraction of sp³-hybridized carbons (Fsp3) is 0.800. The van der Waals surface area contributed by atoms with Gasteiger partial charge in [-0.3, -0.25) is 4.90 Å². The summed E-state index contributed by atoms with van der Waals surface area (Å²) in [6, 6.07) is 0.693. The largest absolute Gasteiger partial charge is 0.314 e. The SMILES string of the molecule is C=C(C)CCN1CCNC[C@H]1C. The van der Waals surface area contributed by atoms with E-state index >= 15 is 0 Å². The molecule has 1 saturated heterocycles. The molecular formula is C10H20N2. The van der Waals surface area contributed by atoms with Gasteiger partial charge in [-0.2, -0.15) is 0 Å². The summed E-state index contributed by atoms with van der Waals surface area (Å²) in [6.07, 6.45) is 1.14. The summed E-state index contributed by atoms with van der Waals surface area (Å²) in [7, 11) is 0. The molecule has 1 N–H and O–H groups in total. The van der Waals surface area contributed by atoms with Crippen molar-refractivity contribution in [3.8, 4) is 0 Å². The molecule has 0 unspecified atom stereocenters. The molecule has 0 amide bonds. The van der Waals surface area contributed by atoms with Crippen LogP contribution >= 0.6 is 0 Å². The molecule has 0 saturated carbocycles. The third-order valence-electron chi connectivity index (χ3n) is 2.46. The zero-order valence-corrected chi connectivity index (χ0v) is 8.27. The Morgan fingerprint density at radius 1 is 1.67 bits per heavy atom. The number of rotatable bonds is 3. The van der Waals surface area contributed by atoms with E-state index in [1.807, 2.05) is 0 Å². The highest BCUT2D eigenvalue weighted by molar-refractivity contribution is 4.90. The number of nitrogens with zero attached hydrogens (tertiary/aromatic N) is 1. The monoisotopic (exact) mass is 168 g/mol. The maximum Gasteiger partial charge on any atom is 0.0193 e. The van der Waals surface area contributed by atoms with Crippen LogP contribution in [0.3, 0.4) is 0 Å². The van der Waals surface area contributed by atoms with E-state index in [1.165, 1.54) is 18.7 Å². The molecule has 1 aliphatic heterocycles. The number of hydrogen-bond donors (Lipinski definition) is 1. The summed E-state index contributed by atoms with van der Waals surface area (Å²) in [5.74, 6) is 0. The first-order valence-electron chi connectivity index (χ1n) is 4.79. The second kappa shape index (κ2) is 4.63. The van der Waals surface area contributed by atoms with E-state index in [-0.39, 0.29) is 0 Å². The van der Waals surface area contributed by atoms with Crippen molar-refractivity contribution in [2.75, 3.05) is 26.2 Å². The van der Waals surface area contributed by atoms with Crippen LogP contribution in [0.2, 0.25) is 0 Å². The first kappa shape index (κ1) is 9.75. The predicted molar refractivity (Wildman–Crippen MR) is 53.3 cm³/mol. The summed E-state index contributed by atoms with van der Waals surface area (Å²) in [5, 5.41) is 3.39. The quantitative estimate of drug-likeness (QED) is 0.638. The molecule has 70 valence electrons. The van der Waals surface area contributed by atoms with Crippen molar-refractivity contribution in [1.29, 1.82) is 0 Å². The number of nitrogens with one attached hydrogen (secondary N) is 1. The minimum Gasteiger partial charge on any atom is -0.314 e. The highest BCUT2D eigenvalue weighted by Gasteiger charge is 2.16. The van der Waals surface area contributed by atoms with Crippen molar-refractivity contribution in [3.63, 3.8) is 0 Å². The minimum atomic E-state index is 0.693. The van der Waals surface area contributed by atoms with Gasteiger partial charge in [0.15, 0.2) is 0 Å². The summed E-state index contributed by atoms with van der Waals surface area (Å²) < 4.78 is 0. The van der Waals surface area contributed by atoms with Crippen molar-refractivity contribution in [2.24, 2.45) is 0 Å².